The summed E-state index contributed by atoms with van der Waals surface area (Å²) in [6, 6.07) is 8.69. The Morgan fingerprint density at radius 3 is 2.58 bits per heavy atom. The molecule has 0 radical (unpaired) electrons. The van der Waals surface area contributed by atoms with Crippen molar-refractivity contribution in [3.63, 3.8) is 0 Å². The Morgan fingerprint density at radius 1 is 1.58 bits per heavy atom. The van der Waals surface area contributed by atoms with Crippen LogP contribution in [0.1, 0.15) is 30.6 Å². The lowest BCUT2D eigenvalue weighted by Gasteiger charge is -2.27. The number of ketones is 1. The van der Waals surface area contributed by atoms with Crippen LogP contribution in [0.25, 0.3) is 0 Å². The minimum atomic E-state index is -0.673. The van der Waals surface area contributed by atoms with E-state index in [1.807, 2.05) is 6.07 Å². The van der Waals surface area contributed by atoms with E-state index in [0.717, 1.165) is 6.34 Å². The van der Waals surface area contributed by atoms with Gasteiger partial charge in [0.15, 0.2) is 5.78 Å². The van der Waals surface area contributed by atoms with Crippen LogP contribution >= 0.6 is 0 Å². The van der Waals surface area contributed by atoms with Crippen LogP contribution in [0.2, 0.25) is 0 Å². The average Bonchev–Trinajstić information content (AvgIpc) is 2.46. The van der Waals surface area contributed by atoms with E-state index in [1.165, 1.54) is 4.90 Å². The highest BCUT2D eigenvalue weighted by Gasteiger charge is 2.19. The molecule has 5 heteroatoms. The zero-order valence-corrected chi connectivity index (χ0v) is 10.8. The number of allylic oxidation sites excluding steroid dienone is 1. The van der Waals surface area contributed by atoms with Crippen LogP contribution < -0.4 is 5.73 Å². The summed E-state index contributed by atoms with van der Waals surface area (Å²) in [6.45, 7) is 5.39. The molecular weight excluding hydrogens is 240 g/mol. The van der Waals surface area contributed by atoms with Crippen LogP contribution in [0.3, 0.4) is 0 Å². The number of nitrogens with zero attached hydrogens (tertiary/aromatic N) is 2. The van der Waals surface area contributed by atoms with E-state index in [2.05, 4.69) is 6.58 Å². The first kappa shape index (κ1) is 14.6. The van der Waals surface area contributed by atoms with E-state index in [0.29, 0.717) is 17.5 Å². The Labute approximate surface area is 112 Å². The lowest BCUT2D eigenvalue weighted by atomic mass is 10.1. The summed E-state index contributed by atoms with van der Waals surface area (Å²) in [5.41, 5.74) is 7.43. The Balaban J connectivity index is 2.98. The molecule has 1 aromatic rings. The number of hydrogen-bond donors (Lipinski definition) is 2. The Hall–Kier alpha value is -2.45. The second-order valence-electron chi connectivity index (χ2n) is 3.94. The molecule has 3 N–H and O–H groups in total. The van der Waals surface area contributed by atoms with Gasteiger partial charge in [0.1, 0.15) is 6.17 Å². The fourth-order valence-corrected chi connectivity index (χ4v) is 1.59. The molecule has 0 aliphatic rings. The Morgan fingerprint density at radius 2 is 2.16 bits per heavy atom. The van der Waals surface area contributed by atoms with Crippen molar-refractivity contribution in [2.75, 3.05) is 0 Å². The van der Waals surface area contributed by atoms with Gasteiger partial charge in [-0.2, -0.15) is 5.26 Å². The normalized spacial score (nSPS) is 11.2. The number of Topliss-reactive ketones (excluding diaryl/α,β-unsaturated/α-hetero) is 1. The molecule has 0 amide bonds. The number of nitrogens with one attached hydrogen (secondary N) is 1. The number of rotatable bonds is 6. The lowest BCUT2D eigenvalue weighted by molar-refractivity contribution is -0.116. The standard InChI is InChI=1S/C14H16N4O/c1-3-13(19)10(2)18(9-16)14(17)12-6-4-11(8-15)5-7-12/h4-7,9,14,16H,2-3,17H2,1H3. The maximum absolute atomic E-state index is 11.6. The third-order valence-electron chi connectivity index (χ3n) is 2.77. The summed E-state index contributed by atoms with van der Waals surface area (Å²) in [5, 5.41) is 16.1. The molecule has 0 fully saturated rings. The monoisotopic (exact) mass is 256 g/mol. The van der Waals surface area contributed by atoms with Gasteiger partial charge < -0.3 is 10.6 Å². The quantitative estimate of drug-likeness (QED) is 0.352. The highest BCUT2D eigenvalue weighted by atomic mass is 16.1. The molecule has 1 atom stereocenters. The molecule has 0 spiro atoms. The molecular formula is C14H16N4O. The summed E-state index contributed by atoms with van der Waals surface area (Å²) in [7, 11) is 0. The summed E-state index contributed by atoms with van der Waals surface area (Å²) in [5.74, 6) is -0.160. The summed E-state index contributed by atoms with van der Waals surface area (Å²) in [6.07, 6.45) is 0.621. The van der Waals surface area contributed by atoms with Crippen molar-refractivity contribution in [3.05, 3.63) is 47.7 Å². The van der Waals surface area contributed by atoms with E-state index in [1.54, 1.807) is 31.2 Å². The van der Waals surface area contributed by atoms with Crippen LogP contribution in [-0.4, -0.2) is 17.0 Å². The predicted octanol–water partition coefficient (Wildman–Crippen LogP) is 1.92. The Bertz CT molecular complexity index is 527. The molecule has 0 saturated carbocycles. The van der Waals surface area contributed by atoms with Gasteiger partial charge >= 0.3 is 0 Å². The number of carbonyl (C=O) groups excluding carboxylic acids is 1. The molecule has 19 heavy (non-hydrogen) atoms. The lowest BCUT2D eigenvalue weighted by Crippen LogP contribution is -2.34. The van der Waals surface area contributed by atoms with Gasteiger partial charge in [0.05, 0.1) is 23.7 Å². The van der Waals surface area contributed by atoms with Gasteiger partial charge in [0, 0.05) is 6.42 Å². The SMILES string of the molecule is C=C(C(=O)CC)N(C=N)C(N)c1ccc(C#N)cc1. The van der Waals surface area contributed by atoms with Crippen molar-refractivity contribution in [2.45, 2.75) is 19.5 Å². The summed E-state index contributed by atoms with van der Waals surface area (Å²) < 4.78 is 0. The second kappa shape index (κ2) is 6.47. The zero-order chi connectivity index (χ0) is 14.4. The molecule has 0 aliphatic carbocycles. The number of nitrogens with two attached hydrogens (primary N) is 1. The molecule has 0 saturated heterocycles. The third-order valence-corrected chi connectivity index (χ3v) is 2.77. The minimum Gasteiger partial charge on any atom is -0.310 e. The van der Waals surface area contributed by atoms with Crippen molar-refractivity contribution >= 4 is 12.1 Å². The molecule has 0 aromatic heterocycles. The van der Waals surface area contributed by atoms with E-state index >= 15 is 0 Å². The van der Waals surface area contributed by atoms with E-state index in [9.17, 15) is 4.79 Å². The third kappa shape index (κ3) is 3.27. The molecule has 1 rings (SSSR count). The average molecular weight is 256 g/mol. The maximum atomic E-state index is 11.6. The molecule has 0 bridgehead atoms. The molecule has 0 aliphatic heterocycles. The Kier molecular flexibility index (Phi) is 4.98. The number of nitriles is 1. The predicted molar refractivity (Wildman–Crippen MR) is 73.1 cm³/mol. The molecule has 5 nitrogen and oxygen atoms in total. The van der Waals surface area contributed by atoms with Gasteiger partial charge in [0.25, 0.3) is 0 Å². The van der Waals surface area contributed by atoms with Gasteiger partial charge in [-0.25, -0.2) is 0 Å². The van der Waals surface area contributed by atoms with Crippen LogP contribution in [0.5, 0.6) is 0 Å². The fourth-order valence-electron chi connectivity index (χ4n) is 1.59. The van der Waals surface area contributed by atoms with Gasteiger partial charge in [-0.15, -0.1) is 0 Å². The van der Waals surface area contributed by atoms with Gasteiger partial charge in [-0.1, -0.05) is 25.6 Å². The fraction of sp³-hybridized carbons (Fsp3) is 0.214. The second-order valence-corrected chi connectivity index (χ2v) is 3.94. The molecule has 0 heterocycles. The molecule has 98 valence electrons. The van der Waals surface area contributed by atoms with E-state index in [4.69, 9.17) is 16.4 Å². The number of carbonyl (C=O) groups is 1. The van der Waals surface area contributed by atoms with Crippen molar-refractivity contribution < 1.29 is 4.79 Å². The first-order valence-corrected chi connectivity index (χ1v) is 5.81. The van der Waals surface area contributed by atoms with Gasteiger partial charge in [-0.3, -0.25) is 10.2 Å². The van der Waals surface area contributed by atoms with Crippen molar-refractivity contribution in [2.24, 2.45) is 5.73 Å². The van der Waals surface area contributed by atoms with Crippen LogP contribution in [0, 0.1) is 16.7 Å². The topological polar surface area (TPSA) is 94.0 Å². The van der Waals surface area contributed by atoms with Crippen molar-refractivity contribution in [1.29, 1.82) is 10.7 Å². The summed E-state index contributed by atoms with van der Waals surface area (Å²) in [4.78, 5) is 12.9. The van der Waals surface area contributed by atoms with E-state index in [-0.39, 0.29) is 11.5 Å². The van der Waals surface area contributed by atoms with Crippen molar-refractivity contribution in [3.8, 4) is 6.07 Å². The first-order valence-electron chi connectivity index (χ1n) is 5.81. The zero-order valence-electron chi connectivity index (χ0n) is 10.8. The van der Waals surface area contributed by atoms with Crippen LogP contribution in [0.15, 0.2) is 36.5 Å². The van der Waals surface area contributed by atoms with Crippen LogP contribution in [-0.2, 0) is 4.79 Å². The highest BCUT2D eigenvalue weighted by Crippen LogP contribution is 2.19. The number of benzene rings is 1. The summed E-state index contributed by atoms with van der Waals surface area (Å²) >= 11 is 0. The smallest absolute Gasteiger partial charge is 0.178 e. The molecule has 1 aromatic carbocycles. The maximum Gasteiger partial charge on any atom is 0.178 e. The molecule has 1 unspecified atom stereocenters. The van der Waals surface area contributed by atoms with Crippen LogP contribution in [0.4, 0.5) is 0 Å². The minimum absolute atomic E-state index is 0.160. The van der Waals surface area contributed by atoms with E-state index < -0.39 is 6.17 Å². The first-order chi connectivity index (χ1) is 9.04. The van der Waals surface area contributed by atoms with Crippen molar-refractivity contribution in [1.82, 2.24) is 4.90 Å². The van der Waals surface area contributed by atoms with Gasteiger partial charge in [0.2, 0.25) is 0 Å². The highest BCUT2D eigenvalue weighted by molar-refractivity contribution is 5.96. The number of hydrogen-bond acceptors (Lipinski definition) is 4. The largest absolute Gasteiger partial charge is 0.310 e. The van der Waals surface area contributed by atoms with Gasteiger partial charge in [-0.05, 0) is 17.7 Å².